The predicted molar refractivity (Wildman–Crippen MR) is 182 cm³/mol. The molecule has 44 heavy (non-hydrogen) atoms. The van der Waals surface area contributed by atoms with E-state index in [2.05, 4.69) is 107 Å². The van der Waals surface area contributed by atoms with Gasteiger partial charge in [-0.2, -0.15) is 0 Å². The fourth-order valence-electron chi connectivity index (χ4n) is 6.17. The number of nitrogens with zero attached hydrogens (tertiary/aromatic N) is 2. The topological polar surface area (TPSA) is 39.9 Å². The number of benzene rings is 7. The molecule has 4 nitrogen and oxygen atoms in total. The Labute approximate surface area is 255 Å². The maximum Gasteiger partial charge on any atom is 0.137 e. The van der Waals surface area contributed by atoms with E-state index in [9.17, 15) is 5.11 Å². The van der Waals surface area contributed by atoms with Gasteiger partial charge in [-0.15, -0.1) is 0 Å². The molecule has 1 N–H and O–H groups in total. The van der Waals surface area contributed by atoms with Crippen LogP contribution in [0.5, 0.6) is 5.75 Å². The van der Waals surface area contributed by atoms with Crippen LogP contribution in [0.15, 0.2) is 168 Å². The third kappa shape index (κ3) is 4.41. The van der Waals surface area contributed by atoms with Crippen molar-refractivity contribution in [2.45, 2.75) is 0 Å². The first-order valence-corrected chi connectivity index (χ1v) is 14.7. The van der Waals surface area contributed by atoms with Crippen LogP contribution in [0.1, 0.15) is 0 Å². The maximum atomic E-state index is 11.1. The normalized spacial score (nSPS) is 11.3. The van der Waals surface area contributed by atoms with E-state index in [1.165, 1.54) is 0 Å². The van der Waals surface area contributed by atoms with Gasteiger partial charge in [0.1, 0.15) is 16.9 Å². The minimum atomic E-state index is 0.196. The Bertz CT molecular complexity index is 2150. The molecule has 0 saturated heterocycles. The molecule has 0 aliphatic heterocycles. The van der Waals surface area contributed by atoms with Crippen molar-refractivity contribution in [2.24, 2.45) is 0 Å². The van der Waals surface area contributed by atoms with Crippen LogP contribution in [-0.2, 0) is 0 Å². The van der Waals surface area contributed by atoms with Gasteiger partial charge in [-0.3, -0.25) is 0 Å². The summed E-state index contributed by atoms with van der Waals surface area (Å²) in [4.78, 5) is 4.41. The summed E-state index contributed by atoms with van der Waals surface area (Å²) in [5.41, 5.74) is 7.61. The van der Waals surface area contributed by atoms with Crippen LogP contribution in [-0.4, -0.2) is 5.11 Å². The van der Waals surface area contributed by atoms with Gasteiger partial charge >= 0.3 is 0 Å². The van der Waals surface area contributed by atoms with Gasteiger partial charge in [-0.25, -0.2) is 0 Å². The molecule has 0 aliphatic rings. The van der Waals surface area contributed by atoms with Crippen molar-refractivity contribution in [3.63, 3.8) is 0 Å². The van der Waals surface area contributed by atoms with Crippen LogP contribution in [0.2, 0.25) is 0 Å². The van der Waals surface area contributed by atoms with Crippen molar-refractivity contribution in [2.75, 3.05) is 9.80 Å². The first-order valence-electron chi connectivity index (χ1n) is 14.7. The summed E-state index contributed by atoms with van der Waals surface area (Å²) in [6.07, 6.45) is 0. The van der Waals surface area contributed by atoms with Gasteiger partial charge in [-0.1, -0.05) is 72.8 Å². The van der Waals surface area contributed by atoms with Gasteiger partial charge in [0.05, 0.1) is 5.69 Å². The minimum Gasteiger partial charge on any atom is -0.508 e. The standard InChI is InChI=1S/C40H28N2O2/c43-33-26-36-34(37(27-33)42(30-17-9-3-10-18-30)31-19-11-4-12-20-31)23-24-38-40(36)35-22-21-32(25-39(35)44-38)41(28-13-5-1-6-14-28)29-15-7-2-8-16-29/h1-27,43H. The average molecular weight is 569 g/mol. The van der Waals surface area contributed by atoms with Gasteiger partial charge in [-0.05, 0) is 84.2 Å². The smallest absolute Gasteiger partial charge is 0.137 e. The van der Waals surface area contributed by atoms with E-state index >= 15 is 0 Å². The largest absolute Gasteiger partial charge is 0.508 e. The monoisotopic (exact) mass is 568 g/mol. The molecular formula is C40H28N2O2. The Balaban J connectivity index is 1.34. The number of furan rings is 1. The fraction of sp³-hybridized carbons (Fsp3) is 0. The summed E-state index contributed by atoms with van der Waals surface area (Å²) >= 11 is 0. The number of hydrogen-bond acceptors (Lipinski definition) is 4. The summed E-state index contributed by atoms with van der Waals surface area (Å²) in [5, 5.41) is 15.1. The average Bonchev–Trinajstić information content (AvgIpc) is 3.45. The molecule has 8 aromatic rings. The van der Waals surface area contributed by atoms with Crippen LogP contribution in [0, 0.1) is 0 Å². The molecule has 8 rings (SSSR count). The summed E-state index contributed by atoms with van der Waals surface area (Å²) in [5.74, 6) is 0.196. The van der Waals surface area contributed by atoms with Crippen molar-refractivity contribution in [3.05, 3.63) is 164 Å². The Morgan fingerprint density at radius 1 is 0.386 bits per heavy atom. The molecule has 0 fully saturated rings. The second-order valence-corrected chi connectivity index (χ2v) is 10.8. The fourth-order valence-corrected chi connectivity index (χ4v) is 6.17. The van der Waals surface area contributed by atoms with Crippen molar-refractivity contribution < 1.29 is 9.52 Å². The van der Waals surface area contributed by atoms with Crippen LogP contribution in [0.4, 0.5) is 34.1 Å². The lowest BCUT2D eigenvalue weighted by molar-refractivity contribution is 0.476. The molecular weight excluding hydrogens is 540 g/mol. The van der Waals surface area contributed by atoms with E-state index in [0.29, 0.717) is 0 Å². The number of phenolic OH excluding ortho intramolecular Hbond substituents is 1. The number of para-hydroxylation sites is 4. The molecule has 0 bridgehead atoms. The number of anilines is 6. The van der Waals surface area contributed by atoms with E-state index in [-0.39, 0.29) is 5.75 Å². The van der Waals surface area contributed by atoms with Crippen LogP contribution in [0.25, 0.3) is 32.7 Å². The molecule has 1 heterocycles. The van der Waals surface area contributed by atoms with Crippen molar-refractivity contribution >= 4 is 66.8 Å². The van der Waals surface area contributed by atoms with Crippen molar-refractivity contribution in [1.29, 1.82) is 0 Å². The second kappa shape index (κ2) is 10.7. The van der Waals surface area contributed by atoms with Gasteiger partial charge < -0.3 is 19.3 Å². The summed E-state index contributed by atoms with van der Waals surface area (Å²) < 4.78 is 6.51. The van der Waals surface area contributed by atoms with E-state index < -0.39 is 0 Å². The zero-order valence-electron chi connectivity index (χ0n) is 23.8. The molecule has 0 atom stereocenters. The Morgan fingerprint density at radius 2 is 0.886 bits per heavy atom. The Kier molecular flexibility index (Phi) is 6.24. The van der Waals surface area contributed by atoms with Crippen LogP contribution < -0.4 is 9.80 Å². The molecule has 0 radical (unpaired) electrons. The first kappa shape index (κ1) is 25.7. The second-order valence-electron chi connectivity index (χ2n) is 10.8. The van der Waals surface area contributed by atoms with E-state index in [4.69, 9.17) is 4.42 Å². The molecule has 0 aliphatic carbocycles. The molecule has 0 saturated carbocycles. The third-order valence-electron chi connectivity index (χ3n) is 8.07. The van der Waals surface area contributed by atoms with Gasteiger partial charge in [0.25, 0.3) is 0 Å². The summed E-state index contributed by atoms with van der Waals surface area (Å²) in [6, 6.07) is 55.4. The molecule has 210 valence electrons. The molecule has 0 spiro atoms. The molecule has 7 aromatic carbocycles. The quantitative estimate of drug-likeness (QED) is 0.217. The highest BCUT2D eigenvalue weighted by molar-refractivity contribution is 6.22. The Hall–Kier alpha value is -6.00. The summed E-state index contributed by atoms with van der Waals surface area (Å²) in [7, 11) is 0. The van der Waals surface area contributed by atoms with E-state index in [1.54, 1.807) is 0 Å². The van der Waals surface area contributed by atoms with Gasteiger partial charge in [0.15, 0.2) is 0 Å². The zero-order valence-corrected chi connectivity index (χ0v) is 23.8. The SMILES string of the molecule is Oc1cc(N(c2ccccc2)c2ccccc2)c2ccc3oc4cc(N(c5ccccc5)c5ccccc5)ccc4c3c2c1. The lowest BCUT2D eigenvalue weighted by atomic mass is 10.0. The molecule has 0 unspecified atom stereocenters. The highest BCUT2D eigenvalue weighted by atomic mass is 16.3. The minimum absolute atomic E-state index is 0.196. The lowest BCUT2D eigenvalue weighted by Gasteiger charge is -2.27. The zero-order chi connectivity index (χ0) is 29.5. The van der Waals surface area contributed by atoms with E-state index in [0.717, 1.165) is 66.8 Å². The molecule has 4 heteroatoms. The highest BCUT2D eigenvalue weighted by Crippen LogP contribution is 2.45. The van der Waals surface area contributed by atoms with Crippen LogP contribution >= 0.6 is 0 Å². The number of hydrogen-bond donors (Lipinski definition) is 1. The molecule has 1 aromatic heterocycles. The maximum absolute atomic E-state index is 11.1. The third-order valence-corrected chi connectivity index (χ3v) is 8.07. The molecule has 0 amide bonds. The summed E-state index contributed by atoms with van der Waals surface area (Å²) in [6.45, 7) is 0. The van der Waals surface area contributed by atoms with Crippen LogP contribution in [0.3, 0.4) is 0 Å². The number of aromatic hydroxyl groups is 1. The number of rotatable bonds is 6. The van der Waals surface area contributed by atoms with Gasteiger partial charge in [0.2, 0.25) is 0 Å². The Morgan fingerprint density at radius 3 is 1.43 bits per heavy atom. The van der Waals surface area contributed by atoms with Gasteiger partial charge in [0, 0.05) is 56.7 Å². The highest BCUT2D eigenvalue weighted by Gasteiger charge is 2.20. The predicted octanol–water partition coefficient (Wildman–Crippen LogP) is 11.4. The lowest BCUT2D eigenvalue weighted by Crippen LogP contribution is -2.10. The van der Waals surface area contributed by atoms with E-state index in [1.807, 2.05) is 66.7 Å². The number of fused-ring (bicyclic) bond motifs is 5. The van der Waals surface area contributed by atoms with Crippen molar-refractivity contribution in [3.8, 4) is 5.75 Å². The first-order chi connectivity index (χ1) is 21.7. The van der Waals surface area contributed by atoms with Crippen molar-refractivity contribution in [1.82, 2.24) is 0 Å². The number of phenols is 1.